The van der Waals surface area contributed by atoms with Crippen LogP contribution in [0.15, 0.2) is 28.7 Å². The summed E-state index contributed by atoms with van der Waals surface area (Å²) >= 11 is 7.75. The molecule has 1 aromatic rings. The lowest BCUT2D eigenvalue weighted by Gasteiger charge is -2.14. The average molecular weight is 289 g/mol. The molecular weight excluding hydrogens is 272 g/mol. The molecule has 1 aromatic carbocycles. The van der Waals surface area contributed by atoms with E-state index in [0.29, 0.717) is 5.92 Å². The van der Waals surface area contributed by atoms with E-state index in [1.54, 1.807) is 0 Å². The van der Waals surface area contributed by atoms with Crippen molar-refractivity contribution in [2.24, 2.45) is 5.92 Å². The highest BCUT2D eigenvalue weighted by molar-refractivity contribution is 9.10. The van der Waals surface area contributed by atoms with E-state index >= 15 is 0 Å². The van der Waals surface area contributed by atoms with Gasteiger partial charge in [0.25, 0.3) is 0 Å². The van der Waals surface area contributed by atoms with Gasteiger partial charge in [0.1, 0.15) is 5.75 Å². The molecule has 0 bridgehead atoms. The van der Waals surface area contributed by atoms with Gasteiger partial charge in [0.15, 0.2) is 0 Å². The lowest BCUT2D eigenvalue weighted by atomic mass is 10.1. The zero-order chi connectivity index (χ0) is 11.1. The van der Waals surface area contributed by atoms with Crippen molar-refractivity contribution in [2.45, 2.75) is 19.8 Å². The van der Waals surface area contributed by atoms with Gasteiger partial charge in [-0.1, -0.05) is 35.3 Å². The van der Waals surface area contributed by atoms with Crippen molar-refractivity contribution in [3.8, 4) is 5.75 Å². The molecule has 0 aromatic heterocycles. The van der Waals surface area contributed by atoms with E-state index in [1.165, 1.54) is 12.8 Å². The molecule has 0 saturated carbocycles. The molecule has 0 fully saturated rings. The number of rotatable bonds is 6. The maximum atomic E-state index is 5.71. The first-order valence-corrected chi connectivity index (χ1v) is 6.68. The number of ether oxygens (including phenoxy) is 1. The summed E-state index contributed by atoms with van der Waals surface area (Å²) in [7, 11) is 0. The highest BCUT2D eigenvalue weighted by atomic mass is 79.9. The largest absolute Gasteiger partial charge is 0.493 e. The lowest BCUT2D eigenvalue weighted by Crippen LogP contribution is -2.13. The van der Waals surface area contributed by atoms with Gasteiger partial charge in [0.05, 0.1) is 6.61 Å². The molecule has 0 aliphatic heterocycles. The first-order valence-electron chi connectivity index (χ1n) is 5.25. The number of hydrogen-bond donors (Lipinski definition) is 1. The first kappa shape index (κ1) is 12.9. The molecule has 0 aliphatic rings. The zero-order valence-electron chi connectivity index (χ0n) is 8.95. The van der Waals surface area contributed by atoms with Crippen LogP contribution in [0.4, 0.5) is 0 Å². The Kier molecular flexibility index (Phi) is 6.18. The third-order valence-corrected chi connectivity index (χ3v) is 3.25. The molecule has 0 amide bonds. The molecule has 1 unspecified atom stereocenters. The van der Waals surface area contributed by atoms with Gasteiger partial charge in [-0.25, -0.2) is 0 Å². The van der Waals surface area contributed by atoms with E-state index in [9.17, 15) is 0 Å². The highest BCUT2D eigenvalue weighted by Gasteiger charge is 2.06. The van der Waals surface area contributed by atoms with Crippen LogP contribution < -0.4 is 4.74 Å². The minimum absolute atomic E-state index is 0.553. The van der Waals surface area contributed by atoms with E-state index in [4.69, 9.17) is 4.74 Å². The summed E-state index contributed by atoms with van der Waals surface area (Å²) in [5.74, 6) is 2.37. The van der Waals surface area contributed by atoms with Gasteiger partial charge >= 0.3 is 0 Å². The molecule has 3 heteroatoms. The molecule has 0 radical (unpaired) electrons. The summed E-state index contributed by atoms with van der Waals surface area (Å²) in [6, 6.07) is 7.94. The summed E-state index contributed by atoms with van der Waals surface area (Å²) in [5.41, 5.74) is 0. The molecule has 0 N–H and O–H groups in total. The van der Waals surface area contributed by atoms with Crippen LogP contribution in [0.5, 0.6) is 5.75 Å². The second-order valence-electron chi connectivity index (χ2n) is 3.61. The SMILES string of the molecule is CCCC(CS)COc1cccc(Br)c1. The Bertz CT molecular complexity index is 291. The molecule has 15 heavy (non-hydrogen) atoms. The monoisotopic (exact) mass is 288 g/mol. The number of hydrogen-bond acceptors (Lipinski definition) is 2. The molecule has 1 nitrogen and oxygen atoms in total. The molecule has 0 saturated heterocycles. The Balaban J connectivity index is 2.41. The molecule has 0 aliphatic carbocycles. The van der Waals surface area contributed by atoms with Gasteiger partial charge in [-0.05, 0) is 30.4 Å². The van der Waals surface area contributed by atoms with E-state index in [1.807, 2.05) is 24.3 Å². The number of halogens is 1. The van der Waals surface area contributed by atoms with E-state index in [-0.39, 0.29) is 0 Å². The fourth-order valence-electron chi connectivity index (χ4n) is 1.41. The van der Waals surface area contributed by atoms with E-state index in [0.717, 1.165) is 22.6 Å². The minimum atomic E-state index is 0.553. The van der Waals surface area contributed by atoms with Crippen molar-refractivity contribution in [1.82, 2.24) is 0 Å². The average Bonchev–Trinajstić information content (AvgIpc) is 2.24. The van der Waals surface area contributed by atoms with Gasteiger partial charge in [-0.15, -0.1) is 0 Å². The fraction of sp³-hybridized carbons (Fsp3) is 0.500. The van der Waals surface area contributed by atoms with Crippen LogP contribution >= 0.6 is 28.6 Å². The molecular formula is C12H17BrOS. The van der Waals surface area contributed by atoms with Crippen molar-refractivity contribution in [3.63, 3.8) is 0 Å². The topological polar surface area (TPSA) is 9.23 Å². The van der Waals surface area contributed by atoms with Crippen LogP contribution in [-0.4, -0.2) is 12.4 Å². The van der Waals surface area contributed by atoms with Gasteiger partial charge < -0.3 is 4.74 Å². The quantitative estimate of drug-likeness (QED) is 0.773. The second kappa shape index (κ2) is 7.18. The van der Waals surface area contributed by atoms with Gasteiger partial charge in [-0.2, -0.15) is 12.6 Å². The summed E-state index contributed by atoms with van der Waals surface area (Å²) in [5, 5.41) is 0. The van der Waals surface area contributed by atoms with E-state index < -0.39 is 0 Å². The van der Waals surface area contributed by atoms with Crippen LogP contribution in [0.2, 0.25) is 0 Å². The fourth-order valence-corrected chi connectivity index (χ4v) is 2.07. The molecule has 0 heterocycles. The van der Waals surface area contributed by atoms with Gasteiger partial charge in [0, 0.05) is 10.4 Å². The van der Waals surface area contributed by atoms with E-state index in [2.05, 4.69) is 35.5 Å². The molecule has 84 valence electrons. The predicted molar refractivity (Wildman–Crippen MR) is 71.9 cm³/mol. The van der Waals surface area contributed by atoms with Crippen LogP contribution in [0.3, 0.4) is 0 Å². The number of thiol groups is 1. The summed E-state index contributed by atoms with van der Waals surface area (Å²) in [6.45, 7) is 2.95. The third kappa shape index (κ3) is 4.94. The smallest absolute Gasteiger partial charge is 0.120 e. The maximum absolute atomic E-state index is 5.71. The summed E-state index contributed by atoms with van der Waals surface area (Å²) in [4.78, 5) is 0. The van der Waals surface area contributed by atoms with Crippen molar-refractivity contribution in [3.05, 3.63) is 28.7 Å². The summed E-state index contributed by atoms with van der Waals surface area (Å²) in [6.07, 6.45) is 2.37. The van der Waals surface area contributed by atoms with Crippen LogP contribution in [0, 0.1) is 5.92 Å². The van der Waals surface area contributed by atoms with Crippen LogP contribution in [0.25, 0.3) is 0 Å². The van der Waals surface area contributed by atoms with Crippen LogP contribution in [-0.2, 0) is 0 Å². The third-order valence-electron chi connectivity index (χ3n) is 2.24. The molecule has 0 spiro atoms. The van der Waals surface area contributed by atoms with Crippen molar-refractivity contribution in [1.29, 1.82) is 0 Å². The molecule has 1 rings (SSSR count). The molecule has 1 atom stereocenters. The van der Waals surface area contributed by atoms with Crippen molar-refractivity contribution >= 4 is 28.6 Å². The van der Waals surface area contributed by atoms with Gasteiger partial charge in [0.2, 0.25) is 0 Å². The van der Waals surface area contributed by atoms with Crippen molar-refractivity contribution < 1.29 is 4.74 Å². The normalized spacial score (nSPS) is 12.5. The standard InChI is InChI=1S/C12H17BrOS/c1-2-4-10(9-15)8-14-12-6-3-5-11(13)7-12/h3,5-7,10,15H,2,4,8-9H2,1H3. The van der Waals surface area contributed by atoms with Crippen LogP contribution in [0.1, 0.15) is 19.8 Å². The Morgan fingerprint density at radius 3 is 2.87 bits per heavy atom. The first-order chi connectivity index (χ1) is 7.26. The zero-order valence-corrected chi connectivity index (χ0v) is 11.4. The van der Waals surface area contributed by atoms with Crippen molar-refractivity contribution in [2.75, 3.05) is 12.4 Å². The Morgan fingerprint density at radius 2 is 2.27 bits per heavy atom. The Morgan fingerprint density at radius 1 is 1.47 bits per heavy atom. The number of benzene rings is 1. The Labute approximate surface area is 106 Å². The lowest BCUT2D eigenvalue weighted by molar-refractivity contribution is 0.254. The van der Waals surface area contributed by atoms with Gasteiger partial charge in [-0.3, -0.25) is 0 Å². The Hall–Kier alpha value is -0.150. The highest BCUT2D eigenvalue weighted by Crippen LogP contribution is 2.19. The predicted octanol–water partition coefficient (Wildman–Crippen LogP) is 4.17. The minimum Gasteiger partial charge on any atom is -0.493 e. The second-order valence-corrected chi connectivity index (χ2v) is 4.89. The summed E-state index contributed by atoms with van der Waals surface area (Å²) < 4.78 is 6.77. The maximum Gasteiger partial charge on any atom is 0.120 e.